The Morgan fingerprint density at radius 2 is 1.69 bits per heavy atom. The van der Waals surface area contributed by atoms with Crippen LogP contribution in [0.4, 0.5) is 24.7 Å². The molecule has 0 spiro atoms. The Kier molecular flexibility index (Phi) is 4.99. The van der Waals surface area contributed by atoms with E-state index >= 15 is 0 Å². The molecular formula is C18H13ClF3N3O. The molecule has 0 fully saturated rings. The first-order valence-corrected chi connectivity index (χ1v) is 7.87. The minimum absolute atomic E-state index is 0.160. The second-order valence-electron chi connectivity index (χ2n) is 5.30. The van der Waals surface area contributed by atoms with E-state index < -0.39 is 11.7 Å². The molecule has 0 unspecified atom stereocenters. The van der Waals surface area contributed by atoms with Crippen LogP contribution in [0.1, 0.15) is 5.56 Å². The molecule has 1 heterocycles. The average molecular weight is 380 g/mol. The van der Waals surface area contributed by atoms with Crippen LogP contribution in [0.5, 0.6) is 5.75 Å². The van der Waals surface area contributed by atoms with E-state index in [0.717, 1.165) is 12.1 Å². The van der Waals surface area contributed by atoms with Crippen LogP contribution in [-0.4, -0.2) is 17.1 Å². The highest BCUT2D eigenvalue weighted by molar-refractivity contribution is 6.29. The molecular weight excluding hydrogens is 367 g/mol. The van der Waals surface area contributed by atoms with Crippen molar-refractivity contribution in [2.24, 2.45) is 0 Å². The van der Waals surface area contributed by atoms with Crippen LogP contribution in [0.2, 0.25) is 5.15 Å². The Bertz CT molecular complexity index is 914. The molecule has 3 aromatic rings. The Labute approximate surface area is 152 Å². The monoisotopic (exact) mass is 379 g/mol. The summed E-state index contributed by atoms with van der Waals surface area (Å²) in [6.07, 6.45) is -4.40. The van der Waals surface area contributed by atoms with Gasteiger partial charge in [-0.2, -0.15) is 13.2 Å². The van der Waals surface area contributed by atoms with E-state index in [2.05, 4.69) is 15.3 Å². The Morgan fingerprint density at radius 1 is 1.00 bits per heavy atom. The SMILES string of the molecule is COc1ccccc1Nc1cc(Cl)nc(-c2ccc(C(F)(F)F)cc2)n1. The highest BCUT2D eigenvalue weighted by Gasteiger charge is 2.30. The molecule has 0 aliphatic heterocycles. The number of hydrogen-bond donors (Lipinski definition) is 1. The highest BCUT2D eigenvalue weighted by atomic mass is 35.5. The number of halogens is 4. The van der Waals surface area contributed by atoms with Crippen molar-refractivity contribution in [1.82, 2.24) is 9.97 Å². The summed E-state index contributed by atoms with van der Waals surface area (Å²) in [7, 11) is 1.54. The second kappa shape index (κ2) is 7.21. The fourth-order valence-electron chi connectivity index (χ4n) is 2.30. The number of methoxy groups -OCH3 is 1. The molecule has 0 aliphatic rings. The second-order valence-corrected chi connectivity index (χ2v) is 5.69. The van der Waals surface area contributed by atoms with Gasteiger partial charge >= 0.3 is 6.18 Å². The van der Waals surface area contributed by atoms with Gasteiger partial charge < -0.3 is 10.1 Å². The van der Waals surface area contributed by atoms with E-state index in [1.54, 1.807) is 19.2 Å². The van der Waals surface area contributed by atoms with Gasteiger partial charge in [0, 0.05) is 11.6 Å². The van der Waals surface area contributed by atoms with Crippen LogP contribution in [0, 0.1) is 0 Å². The maximum atomic E-state index is 12.7. The van der Waals surface area contributed by atoms with Crippen LogP contribution in [0.15, 0.2) is 54.6 Å². The van der Waals surface area contributed by atoms with Gasteiger partial charge in [-0.05, 0) is 24.3 Å². The lowest BCUT2D eigenvalue weighted by atomic mass is 10.1. The lowest BCUT2D eigenvalue weighted by molar-refractivity contribution is -0.137. The number of para-hydroxylation sites is 2. The normalized spacial score (nSPS) is 11.3. The fraction of sp³-hybridized carbons (Fsp3) is 0.111. The standard InChI is InChI=1S/C18H13ClF3N3O/c1-26-14-5-3-2-4-13(14)23-16-10-15(19)24-17(25-16)11-6-8-12(9-7-11)18(20,21)22/h2-10H,1H3,(H,23,24,25). The van der Waals surface area contributed by atoms with Gasteiger partial charge in [0.05, 0.1) is 18.4 Å². The summed E-state index contributed by atoms with van der Waals surface area (Å²) in [6, 6.07) is 13.3. The molecule has 4 nitrogen and oxygen atoms in total. The maximum Gasteiger partial charge on any atom is 0.416 e. The molecule has 3 rings (SSSR count). The molecule has 26 heavy (non-hydrogen) atoms. The molecule has 0 atom stereocenters. The van der Waals surface area contributed by atoms with Crippen molar-refractivity contribution in [2.75, 3.05) is 12.4 Å². The summed E-state index contributed by atoms with van der Waals surface area (Å²) >= 11 is 6.04. The minimum Gasteiger partial charge on any atom is -0.495 e. The highest BCUT2D eigenvalue weighted by Crippen LogP contribution is 2.31. The van der Waals surface area contributed by atoms with E-state index in [9.17, 15) is 13.2 Å². The number of rotatable bonds is 4. The Balaban J connectivity index is 1.93. The van der Waals surface area contributed by atoms with Gasteiger partial charge in [-0.15, -0.1) is 0 Å². The summed E-state index contributed by atoms with van der Waals surface area (Å²) in [4.78, 5) is 8.40. The molecule has 2 aromatic carbocycles. The van der Waals surface area contributed by atoms with Crippen molar-refractivity contribution in [3.05, 3.63) is 65.3 Å². The van der Waals surface area contributed by atoms with Gasteiger partial charge in [-0.25, -0.2) is 9.97 Å². The minimum atomic E-state index is -4.40. The Morgan fingerprint density at radius 3 is 2.35 bits per heavy atom. The first-order valence-electron chi connectivity index (χ1n) is 7.49. The number of benzene rings is 2. The van der Waals surface area contributed by atoms with E-state index in [0.29, 0.717) is 22.8 Å². The van der Waals surface area contributed by atoms with Crippen molar-refractivity contribution in [3.8, 4) is 17.1 Å². The van der Waals surface area contributed by atoms with Gasteiger partial charge in [-0.3, -0.25) is 0 Å². The molecule has 0 bridgehead atoms. The smallest absolute Gasteiger partial charge is 0.416 e. The molecule has 0 saturated carbocycles. The summed E-state index contributed by atoms with van der Waals surface area (Å²) < 4.78 is 43.3. The predicted octanol–water partition coefficient (Wildman–Crippen LogP) is 5.57. The molecule has 0 amide bonds. The number of anilines is 2. The van der Waals surface area contributed by atoms with Crippen LogP contribution >= 0.6 is 11.6 Å². The number of hydrogen-bond acceptors (Lipinski definition) is 4. The number of ether oxygens (including phenoxy) is 1. The third-order valence-corrected chi connectivity index (χ3v) is 3.73. The number of aromatic nitrogens is 2. The van der Waals surface area contributed by atoms with Crippen molar-refractivity contribution in [3.63, 3.8) is 0 Å². The molecule has 0 radical (unpaired) electrons. The number of nitrogens with zero attached hydrogens (tertiary/aromatic N) is 2. The molecule has 1 N–H and O–H groups in total. The van der Waals surface area contributed by atoms with Crippen LogP contribution in [0.25, 0.3) is 11.4 Å². The summed E-state index contributed by atoms with van der Waals surface area (Å²) in [5.41, 5.74) is 0.349. The Hall–Kier alpha value is -2.80. The topological polar surface area (TPSA) is 47.0 Å². The van der Waals surface area contributed by atoms with Crippen LogP contribution < -0.4 is 10.1 Å². The lowest BCUT2D eigenvalue weighted by Crippen LogP contribution is -2.04. The molecule has 134 valence electrons. The summed E-state index contributed by atoms with van der Waals surface area (Å²) in [5.74, 6) is 1.21. The van der Waals surface area contributed by atoms with Gasteiger partial charge in [-0.1, -0.05) is 35.9 Å². The number of alkyl halides is 3. The van der Waals surface area contributed by atoms with E-state index in [1.807, 2.05) is 12.1 Å². The first-order chi connectivity index (χ1) is 12.4. The van der Waals surface area contributed by atoms with Gasteiger partial charge in [0.25, 0.3) is 0 Å². The van der Waals surface area contributed by atoms with E-state index in [4.69, 9.17) is 16.3 Å². The summed E-state index contributed by atoms with van der Waals surface area (Å²) in [5, 5.41) is 3.23. The van der Waals surface area contributed by atoms with E-state index in [-0.39, 0.29) is 11.0 Å². The zero-order valence-electron chi connectivity index (χ0n) is 13.5. The predicted molar refractivity (Wildman–Crippen MR) is 93.8 cm³/mol. The first kappa shape index (κ1) is 18.0. The molecule has 0 saturated heterocycles. The van der Waals surface area contributed by atoms with Crippen molar-refractivity contribution < 1.29 is 17.9 Å². The summed E-state index contributed by atoms with van der Waals surface area (Å²) in [6.45, 7) is 0. The zero-order valence-corrected chi connectivity index (χ0v) is 14.3. The molecule has 0 aliphatic carbocycles. The quantitative estimate of drug-likeness (QED) is 0.602. The molecule has 1 aromatic heterocycles. The number of nitrogens with one attached hydrogen (secondary N) is 1. The van der Waals surface area contributed by atoms with Gasteiger partial charge in [0.1, 0.15) is 16.7 Å². The zero-order chi connectivity index (χ0) is 18.7. The average Bonchev–Trinajstić information content (AvgIpc) is 2.61. The molecule has 8 heteroatoms. The van der Waals surface area contributed by atoms with Crippen LogP contribution in [0.3, 0.4) is 0 Å². The fourth-order valence-corrected chi connectivity index (χ4v) is 2.49. The van der Waals surface area contributed by atoms with Crippen molar-refractivity contribution in [1.29, 1.82) is 0 Å². The van der Waals surface area contributed by atoms with Gasteiger partial charge in [0.15, 0.2) is 5.82 Å². The van der Waals surface area contributed by atoms with E-state index in [1.165, 1.54) is 18.2 Å². The largest absolute Gasteiger partial charge is 0.495 e. The van der Waals surface area contributed by atoms with Crippen molar-refractivity contribution in [2.45, 2.75) is 6.18 Å². The van der Waals surface area contributed by atoms with Crippen molar-refractivity contribution >= 4 is 23.1 Å². The third kappa shape index (κ3) is 4.05. The van der Waals surface area contributed by atoms with Crippen LogP contribution in [-0.2, 0) is 6.18 Å². The lowest BCUT2D eigenvalue weighted by Gasteiger charge is -2.12. The third-order valence-electron chi connectivity index (χ3n) is 3.54. The van der Waals surface area contributed by atoms with Gasteiger partial charge in [0.2, 0.25) is 0 Å². The maximum absolute atomic E-state index is 12.7.